The van der Waals surface area contributed by atoms with Crippen LogP contribution in [0.1, 0.15) is 49.2 Å². The average molecular weight is 396 g/mol. The van der Waals surface area contributed by atoms with Gasteiger partial charge in [0.15, 0.2) is 12.0 Å². The molecule has 1 atom stereocenters. The quantitative estimate of drug-likeness (QED) is 0.677. The zero-order chi connectivity index (χ0) is 19.9. The second-order valence-electron chi connectivity index (χ2n) is 7.81. The molecule has 4 rings (SSSR count). The molecule has 3 N–H and O–H groups in total. The molecule has 0 saturated carbocycles. The van der Waals surface area contributed by atoms with Crippen molar-refractivity contribution < 1.29 is 5.11 Å². The van der Waals surface area contributed by atoms with Gasteiger partial charge in [0.25, 0.3) is 0 Å². The molecule has 2 aliphatic rings. The summed E-state index contributed by atoms with van der Waals surface area (Å²) in [5.41, 5.74) is 8.37. The largest absolute Gasteiger partial charge is 0.394 e. The van der Waals surface area contributed by atoms with Crippen molar-refractivity contribution in [1.29, 1.82) is 0 Å². The van der Waals surface area contributed by atoms with Crippen LogP contribution < -0.4 is 10.1 Å². The Hall–Kier alpha value is -2.35. The second kappa shape index (κ2) is 7.24. The smallest absolute Gasteiger partial charge is 0.178 e. The van der Waals surface area contributed by atoms with E-state index in [1.165, 1.54) is 23.1 Å². The predicted molar refractivity (Wildman–Crippen MR) is 114 cm³/mol. The molecular formula is C21H25N5OS. The minimum absolute atomic E-state index is 0.0677. The van der Waals surface area contributed by atoms with Crippen LogP contribution in [-0.4, -0.2) is 33.8 Å². The van der Waals surface area contributed by atoms with Gasteiger partial charge >= 0.3 is 0 Å². The van der Waals surface area contributed by atoms with Gasteiger partial charge in [0.2, 0.25) is 0 Å². The van der Waals surface area contributed by atoms with Gasteiger partial charge in [-0.3, -0.25) is 10.1 Å². The first kappa shape index (κ1) is 19.0. The number of nitrogens with one attached hydrogen (secondary N) is 2. The Labute approximate surface area is 169 Å². The number of benzene rings is 2. The molecule has 1 unspecified atom stereocenters. The Balaban J connectivity index is 1.63. The molecule has 146 valence electrons. The minimum Gasteiger partial charge on any atom is -0.394 e. The fourth-order valence-corrected chi connectivity index (χ4v) is 4.07. The normalized spacial score (nSPS) is 18.2. The third kappa shape index (κ3) is 3.41. The number of hydrogen-bond acceptors (Lipinski definition) is 7. The summed E-state index contributed by atoms with van der Waals surface area (Å²) in [6, 6.07) is 14.6. The van der Waals surface area contributed by atoms with E-state index < -0.39 is 0 Å². The van der Waals surface area contributed by atoms with Crippen LogP contribution in [0.15, 0.2) is 57.6 Å². The summed E-state index contributed by atoms with van der Waals surface area (Å²) >= 11 is 1.53. The molecular weight excluding hydrogens is 370 g/mol. The third-order valence-corrected chi connectivity index (χ3v) is 6.25. The number of rotatable bonds is 5. The zero-order valence-electron chi connectivity index (χ0n) is 16.5. The van der Waals surface area contributed by atoms with Gasteiger partial charge in [-0.1, -0.05) is 36.4 Å². The number of fused-ring (bicyclic) bond motifs is 3. The van der Waals surface area contributed by atoms with Crippen LogP contribution in [0, 0.1) is 6.92 Å². The van der Waals surface area contributed by atoms with Crippen LogP contribution in [-0.2, 0) is 0 Å². The van der Waals surface area contributed by atoms with E-state index in [2.05, 4.69) is 52.5 Å². The number of hydrogen-bond donors (Lipinski definition) is 3. The van der Waals surface area contributed by atoms with E-state index in [0.29, 0.717) is 0 Å². The maximum absolute atomic E-state index is 9.48. The first-order valence-electron chi connectivity index (χ1n) is 9.32. The Morgan fingerprint density at radius 2 is 2.00 bits per heavy atom. The van der Waals surface area contributed by atoms with Crippen LogP contribution in [0.25, 0.3) is 0 Å². The molecule has 0 aromatic heterocycles. The molecule has 28 heavy (non-hydrogen) atoms. The van der Waals surface area contributed by atoms with Crippen LogP contribution in [0.3, 0.4) is 0 Å². The number of aliphatic hydroxyl groups excluding tert-OH is 1. The van der Waals surface area contributed by atoms with Gasteiger partial charge in [-0.2, -0.15) is 10.2 Å². The van der Waals surface area contributed by atoms with E-state index in [0.717, 1.165) is 27.6 Å². The minimum atomic E-state index is -0.359. The van der Waals surface area contributed by atoms with Gasteiger partial charge in [0.05, 0.1) is 12.3 Å². The van der Waals surface area contributed by atoms with E-state index in [9.17, 15) is 5.11 Å². The SMILES string of the molecule is CC1=NN2C(c3ccc(C)c(SNC(C)(C)CO)c3)=NNC2c2ccccc21. The monoisotopic (exact) mass is 395 g/mol. The number of amidine groups is 1. The fourth-order valence-electron chi connectivity index (χ4n) is 3.21. The summed E-state index contributed by atoms with van der Waals surface area (Å²) in [6.07, 6.45) is -0.0845. The topological polar surface area (TPSA) is 72.2 Å². The third-order valence-electron chi connectivity index (χ3n) is 4.94. The van der Waals surface area contributed by atoms with Crippen molar-refractivity contribution in [2.24, 2.45) is 10.2 Å². The number of hydrazone groups is 2. The highest BCUT2D eigenvalue weighted by Crippen LogP contribution is 2.33. The van der Waals surface area contributed by atoms with E-state index in [4.69, 9.17) is 5.10 Å². The van der Waals surface area contributed by atoms with E-state index in [1.807, 2.05) is 37.9 Å². The molecule has 2 aromatic rings. The lowest BCUT2D eigenvalue weighted by Crippen LogP contribution is -2.38. The molecule has 2 heterocycles. The number of nitrogens with zero attached hydrogens (tertiary/aromatic N) is 3. The van der Waals surface area contributed by atoms with Gasteiger partial charge < -0.3 is 5.11 Å². The van der Waals surface area contributed by atoms with E-state index in [-0.39, 0.29) is 18.3 Å². The zero-order valence-corrected chi connectivity index (χ0v) is 17.3. The fraction of sp³-hybridized carbons (Fsp3) is 0.333. The molecule has 0 fully saturated rings. The molecule has 0 saturated heterocycles. The standard InChI is InChI=1S/C21H25N5OS/c1-13-9-10-15(11-18(13)28-25-21(3,4)12-27)19-22-23-20-17-8-6-5-7-16(17)14(2)24-26(19)20/h5-11,20,23,25,27H,12H2,1-4H3. The molecule has 2 aliphatic heterocycles. The van der Waals surface area contributed by atoms with Gasteiger partial charge in [-0.05, 0) is 51.3 Å². The van der Waals surface area contributed by atoms with Gasteiger partial charge in [-0.15, -0.1) is 0 Å². The van der Waals surface area contributed by atoms with E-state index >= 15 is 0 Å². The highest BCUT2D eigenvalue weighted by molar-refractivity contribution is 7.97. The van der Waals surface area contributed by atoms with Crippen LogP contribution in [0.4, 0.5) is 0 Å². The Morgan fingerprint density at radius 3 is 2.79 bits per heavy atom. The van der Waals surface area contributed by atoms with Gasteiger partial charge in [0, 0.05) is 27.1 Å². The van der Waals surface area contributed by atoms with Crippen LogP contribution >= 0.6 is 11.9 Å². The highest BCUT2D eigenvalue weighted by atomic mass is 32.2. The lowest BCUT2D eigenvalue weighted by molar-refractivity contribution is 0.211. The summed E-state index contributed by atoms with van der Waals surface area (Å²) in [5, 5.41) is 20.8. The molecule has 6 nitrogen and oxygen atoms in total. The first-order valence-corrected chi connectivity index (χ1v) is 10.1. The van der Waals surface area contributed by atoms with Gasteiger partial charge in [0.1, 0.15) is 0 Å². The number of aryl methyl sites for hydroxylation is 1. The summed E-state index contributed by atoms with van der Waals surface area (Å²) in [7, 11) is 0. The molecule has 0 spiro atoms. The average Bonchev–Trinajstić information content (AvgIpc) is 3.11. The lowest BCUT2D eigenvalue weighted by Gasteiger charge is -2.29. The Bertz CT molecular complexity index is 969. The lowest BCUT2D eigenvalue weighted by atomic mass is 9.99. The highest BCUT2D eigenvalue weighted by Gasteiger charge is 2.35. The Kier molecular flexibility index (Phi) is 4.91. The first-order chi connectivity index (χ1) is 13.4. The summed E-state index contributed by atoms with van der Waals surface area (Å²) < 4.78 is 3.33. The van der Waals surface area contributed by atoms with Gasteiger partial charge in [-0.25, -0.2) is 5.01 Å². The maximum Gasteiger partial charge on any atom is 0.178 e. The second-order valence-corrected chi connectivity index (χ2v) is 8.66. The van der Waals surface area contributed by atoms with Crippen molar-refractivity contribution in [2.45, 2.75) is 44.3 Å². The summed E-state index contributed by atoms with van der Waals surface area (Å²) in [6.45, 7) is 8.12. The van der Waals surface area contributed by atoms with Crippen molar-refractivity contribution in [3.05, 3.63) is 64.7 Å². The van der Waals surface area contributed by atoms with Crippen LogP contribution in [0.5, 0.6) is 0 Å². The molecule has 0 radical (unpaired) electrons. The van der Waals surface area contributed by atoms with Crippen LogP contribution in [0.2, 0.25) is 0 Å². The van der Waals surface area contributed by atoms with E-state index in [1.54, 1.807) is 0 Å². The summed E-state index contributed by atoms with van der Waals surface area (Å²) in [5.74, 6) is 0.808. The van der Waals surface area contributed by atoms with Crippen molar-refractivity contribution in [3.8, 4) is 0 Å². The van der Waals surface area contributed by atoms with Crippen molar-refractivity contribution in [3.63, 3.8) is 0 Å². The molecule has 0 amide bonds. The molecule has 0 bridgehead atoms. The van der Waals surface area contributed by atoms with Crippen molar-refractivity contribution >= 4 is 23.5 Å². The number of aliphatic hydroxyl groups is 1. The Morgan fingerprint density at radius 1 is 1.21 bits per heavy atom. The molecule has 0 aliphatic carbocycles. The van der Waals surface area contributed by atoms with Crippen molar-refractivity contribution in [2.75, 3.05) is 6.61 Å². The molecule has 2 aromatic carbocycles. The summed E-state index contributed by atoms with van der Waals surface area (Å²) in [4.78, 5) is 1.10. The maximum atomic E-state index is 9.48. The predicted octanol–water partition coefficient (Wildman–Crippen LogP) is 3.37. The molecule has 7 heteroatoms. The van der Waals surface area contributed by atoms with Crippen molar-refractivity contribution in [1.82, 2.24) is 15.2 Å².